The molecule has 1 N–H and O–H groups in total. The first kappa shape index (κ1) is 17.7. The molecule has 2 rings (SSSR count). The van der Waals surface area contributed by atoms with Crippen molar-refractivity contribution in [2.75, 3.05) is 6.54 Å². The molecule has 9 heteroatoms. The molecule has 2 amide bonds. The monoisotopic (exact) mass is 351 g/mol. The molecule has 1 aliphatic heterocycles. The van der Waals surface area contributed by atoms with E-state index in [1.807, 2.05) is 0 Å². The second kappa shape index (κ2) is 6.43. The van der Waals surface area contributed by atoms with Gasteiger partial charge in [-0.15, -0.1) is 0 Å². The molecule has 2 heterocycles. The fourth-order valence-corrected chi connectivity index (χ4v) is 3.04. The Hall–Kier alpha value is -1.70. The number of hydrogen-bond acceptors (Lipinski definition) is 2. The molecule has 128 valence electrons. The van der Waals surface area contributed by atoms with E-state index in [0.717, 1.165) is 11.8 Å². The number of alkyl halides is 3. The fourth-order valence-electron chi connectivity index (χ4n) is 2.79. The zero-order valence-corrected chi connectivity index (χ0v) is 13.4. The third-order valence-corrected chi connectivity index (χ3v) is 4.11. The lowest BCUT2D eigenvalue weighted by Gasteiger charge is -2.40. The van der Waals surface area contributed by atoms with Gasteiger partial charge in [0.25, 0.3) is 5.91 Å². The number of piperidine rings is 1. The molecule has 1 aliphatic rings. The first-order valence-corrected chi connectivity index (χ1v) is 7.44. The summed E-state index contributed by atoms with van der Waals surface area (Å²) in [6, 6.07) is -0.850. The second-order valence-electron chi connectivity index (χ2n) is 5.63. The van der Waals surface area contributed by atoms with E-state index in [9.17, 15) is 22.8 Å². The Balaban J connectivity index is 2.07. The molecule has 0 radical (unpaired) electrons. The van der Waals surface area contributed by atoms with Gasteiger partial charge in [0.2, 0.25) is 5.91 Å². The van der Waals surface area contributed by atoms with Crippen molar-refractivity contribution < 1.29 is 22.8 Å². The third kappa shape index (κ3) is 3.99. The zero-order chi connectivity index (χ0) is 17.4. The molecule has 0 aliphatic carbocycles. The number of carbonyl (C=O) groups is 2. The van der Waals surface area contributed by atoms with Crippen LogP contribution in [0.4, 0.5) is 13.2 Å². The van der Waals surface area contributed by atoms with Crippen molar-refractivity contribution in [3.05, 3.63) is 23.0 Å². The van der Waals surface area contributed by atoms with E-state index in [2.05, 4.69) is 5.32 Å². The van der Waals surface area contributed by atoms with Crippen LogP contribution in [0, 0.1) is 0 Å². The van der Waals surface area contributed by atoms with Gasteiger partial charge < -0.3 is 14.8 Å². The summed E-state index contributed by atoms with van der Waals surface area (Å²) in [6.45, 7) is 0.934. The summed E-state index contributed by atoms with van der Waals surface area (Å²) in [7, 11) is 1.64. The summed E-state index contributed by atoms with van der Waals surface area (Å²) in [4.78, 5) is 24.5. The second-order valence-corrected chi connectivity index (χ2v) is 6.07. The molecule has 1 aromatic rings. The number of aryl methyl sites for hydroxylation is 1. The summed E-state index contributed by atoms with van der Waals surface area (Å²) in [5.41, 5.74) is 0.308. The molecule has 0 bridgehead atoms. The minimum atomic E-state index is -4.47. The molecule has 0 saturated carbocycles. The standard InChI is InChI=1S/C14H17ClF3N3O2/c1-8(22)21-7-10(3-4-12(21)14(16,17)18)19-13(23)11-5-9(15)6-20(11)2/h5-6,10,12H,3-4,7H2,1-2H3,(H,19,23). The molecule has 5 nitrogen and oxygen atoms in total. The summed E-state index contributed by atoms with van der Waals surface area (Å²) in [5, 5.41) is 3.06. The quantitative estimate of drug-likeness (QED) is 0.889. The highest BCUT2D eigenvalue weighted by atomic mass is 35.5. The lowest BCUT2D eigenvalue weighted by Crippen LogP contribution is -2.57. The number of rotatable bonds is 2. The average Bonchev–Trinajstić information content (AvgIpc) is 2.76. The third-order valence-electron chi connectivity index (χ3n) is 3.90. The predicted molar refractivity (Wildman–Crippen MR) is 78.1 cm³/mol. The van der Waals surface area contributed by atoms with E-state index in [-0.39, 0.29) is 19.4 Å². The Morgan fingerprint density at radius 3 is 2.48 bits per heavy atom. The largest absolute Gasteiger partial charge is 0.408 e. The summed E-state index contributed by atoms with van der Waals surface area (Å²) >= 11 is 5.81. The van der Waals surface area contributed by atoms with Gasteiger partial charge in [-0.25, -0.2) is 0 Å². The average molecular weight is 352 g/mol. The number of nitrogens with one attached hydrogen (secondary N) is 1. The van der Waals surface area contributed by atoms with Crippen LogP contribution in [0.2, 0.25) is 5.02 Å². The number of carbonyl (C=O) groups excluding carboxylic acids is 2. The van der Waals surface area contributed by atoms with Gasteiger partial charge in [0, 0.05) is 32.8 Å². The Morgan fingerprint density at radius 2 is 2.00 bits per heavy atom. The normalized spacial score (nSPS) is 22.1. The molecule has 2 unspecified atom stereocenters. The van der Waals surface area contributed by atoms with E-state index >= 15 is 0 Å². The number of halogens is 4. The molecule has 2 atom stereocenters. The maximum absolute atomic E-state index is 13.0. The van der Waals surface area contributed by atoms with Gasteiger partial charge in [0.15, 0.2) is 0 Å². The first-order valence-electron chi connectivity index (χ1n) is 7.06. The van der Waals surface area contributed by atoms with Gasteiger partial charge in [0.05, 0.1) is 5.02 Å². The van der Waals surface area contributed by atoms with Crippen molar-refractivity contribution in [2.24, 2.45) is 7.05 Å². The van der Waals surface area contributed by atoms with Crippen LogP contribution in [0.25, 0.3) is 0 Å². The number of amides is 2. The summed E-state index contributed by atoms with van der Waals surface area (Å²) in [5.74, 6) is -1.09. The lowest BCUT2D eigenvalue weighted by atomic mass is 9.97. The SMILES string of the molecule is CC(=O)N1CC(NC(=O)c2cc(Cl)cn2C)CCC1C(F)(F)F. The van der Waals surface area contributed by atoms with Gasteiger partial charge in [-0.3, -0.25) is 9.59 Å². The molecule has 1 aromatic heterocycles. The van der Waals surface area contributed by atoms with Crippen LogP contribution in [0.1, 0.15) is 30.3 Å². The van der Waals surface area contributed by atoms with Gasteiger partial charge in [-0.05, 0) is 18.9 Å². The maximum atomic E-state index is 13.0. The summed E-state index contributed by atoms with van der Waals surface area (Å²) < 4.78 is 40.4. The van der Waals surface area contributed by atoms with Gasteiger partial charge in [-0.2, -0.15) is 13.2 Å². The van der Waals surface area contributed by atoms with Crippen LogP contribution in [-0.2, 0) is 11.8 Å². The van der Waals surface area contributed by atoms with Crippen LogP contribution in [0.5, 0.6) is 0 Å². The van der Waals surface area contributed by atoms with E-state index in [4.69, 9.17) is 11.6 Å². The minimum Gasteiger partial charge on any atom is -0.346 e. The Bertz CT molecular complexity index is 615. The fraction of sp³-hybridized carbons (Fsp3) is 0.571. The predicted octanol–water partition coefficient (Wildman–Crippen LogP) is 2.35. The lowest BCUT2D eigenvalue weighted by molar-refractivity contribution is -0.196. The van der Waals surface area contributed by atoms with Crippen molar-refractivity contribution in [1.82, 2.24) is 14.8 Å². The molecule has 0 aromatic carbocycles. The molecule has 1 saturated heterocycles. The highest BCUT2D eigenvalue weighted by Crippen LogP contribution is 2.32. The molecular weight excluding hydrogens is 335 g/mol. The van der Waals surface area contributed by atoms with Crippen molar-refractivity contribution in [3.63, 3.8) is 0 Å². The molecule has 0 spiro atoms. The topological polar surface area (TPSA) is 54.3 Å². The maximum Gasteiger partial charge on any atom is 0.408 e. The molecular formula is C14H17ClF3N3O2. The molecule has 1 fully saturated rings. The van der Waals surface area contributed by atoms with E-state index in [1.54, 1.807) is 13.2 Å². The van der Waals surface area contributed by atoms with E-state index in [1.165, 1.54) is 10.6 Å². The van der Waals surface area contributed by atoms with Gasteiger partial charge >= 0.3 is 6.18 Å². The van der Waals surface area contributed by atoms with Gasteiger partial charge in [-0.1, -0.05) is 11.6 Å². The Kier molecular flexibility index (Phi) is 4.93. The van der Waals surface area contributed by atoms with Crippen molar-refractivity contribution >= 4 is 23.4 Å². The highest BCUT2D eigenvalue weighted by Gasteiger charge is 2.47. The van der Waals surface area contributed by atoms with E-state index in [0.29, 0.717) is 10.7 Å². The minimum absolute atomic E-state index is 0.151. The number of likely N-dealkylation sites (tertiary alicyclic amines) is 1. The van der Waals surface area contributed by atoms with E-state index < -0.39 is 30.1 Å². The Morgan fingerprint density at radius 1 is 1.35 bits per heavy atom. The van der Waals surface area contributed by atoms with Crippen molar-refractivity contribution in [3.8, 4) is 0 Å². The van der Waals surface area contributed by atoms with Crippen LogP contribution in [0.3, 0.4) is 0 Å². The van der Waals surface area contributed by atoms with Crippen LogP contribution in [-0.4, -0.2) is 46.1 Å². The summed E-state index contributed by atoms with van der Waals surface area (Å²) in [6.07, 6.45) is -3.00. The number of hydrogen-bond donors (Lipinski definition) is 1. The van der Waals surface area contributed by atoms with Crippen LogP contribution in [0.15, 0.2) is 12.3 Å². The molecule has 23 heavy (non-hydrogen) atoms. The Labute approximate surface area is 136 Å². The highest BCUT2D eigenvalue weighted by molar-refractivity contribution is 6.31. The smallest absolute Gasteiger partial charge is 0.346 e. The first-order chi connectivity index (χ1) is 10.6. The van der Waals surface area contributed by atoms with Crippen LogP contribution >= 0.6 is 11.6 Å². The van der Waals surface area contributed by atoms with Crippen molar-refractivity contribution in [1.29, 1.82) is 0 Å². The van der Waals surface area contributed by atoms with Crippen molar-refractivity contribution in [2.45, 2.75) is 38.0 Å². The number of aromatic nitrogens is 1. The van der Waals surface area contributed by atoms with Crippen LogP contribution < -0.4 is 5.32 Å². The van der Waals surface area contributed by atoms with Gasteiger partial charge in [0.1, 0.15) is 11.7 Å². The zero-order valence-electron chi connectivity index (χ0n) is 12.7. The number of nitrogens with zero attached hydrogens (tertiary/aromatic N) is 2.